The van der Waals surface area contributed by atoms with Crippen molar-refractivity contribution in [2.75, 3.05) is 12.4 Å². The van der Waals surface area contributed by atoms with Gasteiger partial charge in [0.2, 0.25) is 0 Å². The van der Waals surface area contributed by atoms with Crippen molar-refractivity contribution in [2.24, 2.45) is 5.92 Å². The smallest absolute Gasteiger partial charge is 0.272 e. The normalized spacial score (nSPS) is 22.1. The van der Waals surface area contributed by atoms with Crippen molar-refractivity contribution in [3.8, 4) is 0 Å². The average Bonchev–Trinajstić information content (AvgIpc) is 2.46. The van der Waals surface area contributed by atoms with E-state index in [0.29, 0.717) is 23.7 Å². The first-order chi connectivity index (χ1) is 9.99. The summed E-state index contributed by atoms with van der Waals surface area (Å²) in [4.78, 5) is 19.0. The zero-order valence-corrected chi connectivity index (χ0v) is 13.6. The van der Waals surface area contributed by atoms with Gasteiger partial charge in [0.15, 0.2) is 0 Å². The lowest BCUT2D eigenvalue weighted by molar-refractivity contribution is 0.0623. The molecule has 1 fully saturated rings. The van der Waals surface area contributed by atoms with Gasteiger partial charge in [-0.15, -0.1) is 0 Å². The lowest BCUT2D eigenvalue weighted by atomic mass is 9.85. The molecular weight excluding hydrogens is 262 g/mol. The van der Waals surface area contributed by atoms with E-state index < -0.39 is 0 Å². The Labute approximate surface area is 127 Å². The summed E-state index contributed by atoms with van der Waals surface area (Å²) in [6.07, 6.45) is 4.82. The molecule has 0 bridgehead atoms. The van der Waals surface area contributed by atoms with Crippen LogP contribution in [0.3, 0.4) is 0 Å². The monoisotopic (exact) mass is 289 g/mol. The van der Waals surface area contributed by atoms with Gasteiger partial charge in [-0.05, 0) is 44.7 Å². The summed E-state index contributed by atoms with van der Waals surface area (Å²) in [5.41, 5.74) is 0.529. The van der Waals surface area contributed by atoms with Gasteiger partial charge in [0.1, 0.15) is 11.5 Å². The Kier molecular flexibility index (Phi) is 5.21. The lowest BCUT2D eigenvalue weighted by Gasteiger charge is -2.36. The number of aromatic nitrogens is 1. The second-order valence-corrected chi connectivity index (χ2v) is 6.45. The van der Waals surface area contributed by atoms with E-state index in [-0.39, 0.29) is 5.91 Å². The average molecular weight is 289 g/mol. The minimum absolute atomic E-state index is 0.0288. The van der Waals surface area contributed by atoms with Crippen LogP contribution < -0.4 is 5.32 Å². The molecule has 2 unspecified atom stereocenters. The number of nitrogens with one attached hydrogen (secondary N) is 1. The van der Waals surface area contributed by atoms with Gasteiger partial charge in [-0.25, -0.2) is 4.98 Å². The highest BCUT2D eigenvalue weighted by Crippen LogP contribution is 2.28. The second-order valence-electron chi connectivity index (χ2n) is 6.45. The standard InChI is InChI=1S/C17H27N3O/c1-12(2)18-16-11-7-9-14(19-16)17(21)20(4)15-10-6-5-8-13(15)3/h7,9,11-13,15H,5-6,8,10H2,1-4H3,(H,18,19). The van der Waals surface area contributed by atoms with Gasteiger partial charge in [-0.3, -0.25) is 4.79 Å². The Morgan fingerprint density at radius 1 is 1.33 bits per heavy atom. The molecule has 1 N–H and O–H groups in total. The van der Waals surface area contributed by atoms with Crippen LogP contribution in [0.25, 0.3) is 0 Å². The molecule has 1 heterocycles. The van der Waals surface area contributed by atoms with E-state index in [1.807, 2.05) is 24.1 Å². The Morgan fingerprint density at radius 3 is 2.71 bits per heavy atom. The molecule has 1 saturated carbocycles. The number of nitrogens with zero attached hydrogens (tertiary/aromatic N) is 2. The molecule has 1 aromatic rings. The minimum Gasteiger partial charge on any atom is -0.368 e. The number of anilines is 1. The summed E-state index contributed by atoms with van der Waals surface area (Å²) < 4.78 is 0. The topological polar surface area (TPSA) is 45.2 Å². The van der Waals surface area contributed by atoms with Crippen LogP contribution in [0.1, 0.15) is 56.9 Å². The molecule has 0 spiro atoms. The molecule has 116 valence electrons. The lowest BCUT2D eigenvalue weighted by Crippen LogP contribution is -2.42. The summed E-state index contributed by atoms with van der Waals surface area (Å²) in [7, 11) is 1.92. The molecule has 0 radical (unpaired) electrons. The number of hydrogen-bond donors (Lipinski definition) is 1. The molecule has 1 amide bonds. The molecule has 2 rings (SSSR count). The molecule has 1 aliphatic carbocycles. The molecule has 21 heavy (non-hydrogen) atoms. The quantitative estimate of drug-likeness (QED) is 0.922. The highest BCUT2D eigenvalue weighted by Gasteiger charge is 2.28. The third-order valence-electron chi connectivity index (χ3n) is 4.29. The molecule has 1 aliphatic rings. The van der Waals surface area contributed by atoms with Crippen LogP contribution in [0.4, 0.5) is 5.82 Å². The van der Waals surface area contributed by atoms with Crippen LogP contribution in [0.2, 0.25) is 0 Å². The maximum Gasteiger partial charge on any atom is 0.272 e. The molecule has 0 saturated heterocycles. The Hall–Kier alpha value is -1.58. The summed E-state index contributed by atoms with van der Waals surface area (Å²) in [5, 5.41) is 3.25. The van der Waals surface area contributed by atoms with Crippen molar-refractivity contribution in [1.82, 2.24) is 9.88 Å². The van der Waals surface area contributed by atoms with Gasteiger partial charge in [0, 0.05) is 19.1 Å². The predicted octanol–water partition coefficient (Wildman–Crippen LogP) is 3.55. The molecule has 4 heteroatoms. The van der Waals surface area contributed by atoms with E-state index in [4.69, 9.17) is 0 Å². The highest BCUT2D eigenvalue weighted by atomic mass is 16.2. The van der Waals surface area contributed by atoms with E-state index in [1.54, 1.807) is 6.07 Å². The Morgan fingerprint density at radius 2 is 2.05 bits per heavy atom. The molecule has 0 aromatic carbocycles. The number of hydrogen-bond acceptors (Lipinski definition) is 3. The largest absolute Gasteiger partial charge is 0.368 e. The van der Waals surface area contributed by atoms with E-state index in [2.05, 4.69) is 31.1 Å². The molecule has 2 atom stereocenters. The number of carbonyl (C=O) groups is 1. The van der Waals surface area contributed by atoms with Crippen LogP contribution in [0.5, 0.6) is 0 Å². The van der Waals surface area contributed by atoms with E-state index in [1.165, 1.54) is 19.3 Å². The van der Waals surface area contributed by atoms with E-state index in [0.717, 1.165) is 12.2 Å². The van der Waals surface area contributed by atoms with Gasteiger partial charge in [-0.2, -0.15) is 0 Å². The van der Waals surface area contributed by atoms with Crippen molar-refractivity contribution in [3.63, 3.8) is 0 Å². The van der Waals surface area contributed by atoms with Gasteiger partial charge < -0.3 is 10.2 Å². The zero-order chi connectivity index (χ0) is 15.4. The first kappa shape index (κ1) is 15.8. The maximum atomic E-state index is 12.7. The molecular formula is C17H27N3O. The fourth-order valence-electron chi connectivity index (χ4n) is 3.13. The Bertz CT molecular complexity index is 487. The van der Waals surface area contributed by atoms with Crippen molar-refractivity contribution in [1.29, 1.82) is 0 Å². The molecule has 1 aromatic heterocycles. The van der Waals surface area contributed by atoms with Crippen LogP contribution in [0.15, 0.2) is 18.2 Å². The summed E-state index contributed by atoms with van der Waals surface area (Å²) in [6.45, 7) is 6.37. The highest BCUT2D eigenvalue weighted by molar-refractivity contribution is 5.92. The molecule has 4 nitrogen and oxygen atoms in total. The van der Waals surface area contributed by atoms with Gasteiger partial charge in [0.25, 0.3) is 5.91 Å². The third kappa shape index (κ3) is 3.96. The van der Waals surface area contributed by atoms with Crippen molar-refractivity contribution < 1.29 is 4.79 Å². The van der Waals surface area contributed by atoms with Crippen molar-refractivity contribution in [2.45, 2.75) is 58.5 Å². The van der Waals surface area contributed by atoms with Crippen LogP contribution in [-0.2, 0) is 0 Å². The maximum absolute atomic E-state index is 12.7. The van der Waals surface area contributed by atoms with Crippen LogP contribution in [0, 0.1) is 5.92 Å². The fraction of sp³-hybridized carbons (Fsp3) is 0.647. The molecule has 0 aliphatic heterocycles. The second kappa shape index (κ2) is 6.92. The third-order valence-corrected chi connectivity index (χ3v) is 4.29. The SMILES string of the molecule is CC(C)Nc1cccc(C(=O)N(C)C2CCCCC2C)n1. The predicted molar refractivity (Wildman–Crippen MR) is 86.5 cm³/mol. The number of carbonyl (C=O) groups excluding carboxylic acids is 1. The van der Waals surface area contributed by atoms with Crippen molar-refractivity contribution in [3.05, 3.63) is 23.9 Å². The summed E-state index contributed by atoms with van der Waals surface area (Å²) >= 11 is 0. The number of pyridine rings is 1. The minimum atomic E-state index is 0.0288. The first-order valence-electron chi connectivity index (χ1n) is 7.99. The van der Waals surface area contributed by atoms with E-state index >= 15 is 0 Å². The number of amides is 1. The van der Waals surface area contributed by atoms with Gasteiger partial charge >= 0.3 is 0 Å². The zero-order valence-electron chi connectivity index (χ0n) is 13.6. The summed E-state index contributed by atoms with van der Waals surface area (Å²) in [6, 6.07) is 6.25. The first-order valence-corrected chi connectivity index (χ1v) is 7.99. The Balaban J connectivity index is 2.11. The van der Waals surface area contributed by atoms with Gasteiger partial charge in [0.05, 0.1) is 0 Å². The number of rotatable bonds is 4. The van der Waals surface area contributed by atoms with Crippen LogP contribution in [-0.4, -0.2) is 34.9 Å². The fourth-order valence-corrected chi connectivity index (χ4v) is 3.13. The van der Waals surface area contributed by atoms with E-state index in [9.17, 15) is 4.79 Å². The summed E-state index contributed by atoms with van der Waals surface area (Å²) in [5.74, 6) is 1.37. The van der Waals surface area contributed by atoms with Crippen molar-refractivity contribution >= 4 is 11.7 Å². The van der Waals surface area contributed by atoms with Crippen LogP contribution >= 0.6 is 0 Å². The van der Waals surface area contributed by atoms with Gasteiger partial charge in [-0.1, -0.05) is 25.8 Å².